The maximum absolute atomic E-state index is 14.9. The first-order valence-electron chi connectivity index (χ1n) is 10.3. The lowest BCUT2D eigenvalue weighted by molar-refractivity contribution is -0.142. The van der Waals surface area contributed by atoms with Crippen LogP contribution in [0.3, 0.4) is 0 Å². The minimum Gasteiger partial charge on any atom is -0.384 e. The number of nitrogens with one attached hydrogen (secondary N) is 1. The van der Waals surface area contributed by atoms with E-state index >= 15 is 0 Å². The second-order valence-corrected chi connectivity index (χ2v) is 8.45. The van der Waals surface area contributed by atoms with E-state index in [2.05, 4.69) is 0 Å². The number of imide groups is 1. The minimum atomic E-state index is -1.17. The molecule has 0 radical (unpaired) electrons. The van der Waals surface area contributed by atoms with E-state index in [1.165, 1.54) is 17.0 Å². The number of nitrogens with zero attached hydrogens (tertiary/aromatic N) is 2. The summed E-state index contributed by atoms with van der Waals surface area (Å²) in [5.74, 6) is -2.53. The number of halogens is 2. The molecule has 2 amide bonds. The van der Waals surface area contributed by atoms with E-state index in [1.807, 2.05) is 4.90 Å². The molecule has 3 N–H and O–H groups in total. The van der Waals surface area contributed by atoms with Crippen LogP contribution in [0.1, 0.15) is 29.2 Å². The van der Waals surface area contributed by atoms with Crippen molar-refractivity contribution in [1.29, 1.82) is 5.41 Å². The van der Waals surface area contributed by atoms with Crippen LogP contribution in [0, 0.1) is 23.1 Å². The van der Waals surface area contributed by atoms with Gasteiger partial charge in [0.2, 0.25) is 11.8 Å². The average molecular weight is 424 g/mol. The molecular weight excluding hydrogens is 402 g/mol. The molecule has 2 aromatic carbocycles. The Morgan fingerprint density at radius 3 is 2.32 bits per heavy atom. The summed E-state index contributed by atoms with van der Waals surface area (Å²) in [6, 6.07) is 11.6. The highest BCUT2D eigenvalue weighted by atomic mass is 19.1. The van der Waals surface area contributed by atoms with Gasteiger partial charge >= 0.3 is 0 Å². The van der Waals surface area contributed by atoms with E-state index < -0.39 is 35.9 Å². The van der Waals surface area contributed by atoms with E-state index in [9.17, 15) is 18.4 Å². The van der Waals surface area contributed by atoms with E-state index in [-0.39, 0.29) is 24.2 Å². The van der Waals surface area contributed by atoms with Gasteiger partial charge < -0.3 is 5.73 Å². The summed E-state index contributed by atoms with van der Waals surface area (Å²) in [6.07, 6.45) is -0.841. The zero-order valence-electron chi connectivity index (χ0n) is 16.7. The molecule has 0 unspecified atom stereocenters. The van der Waals surface area contributed by atoms with Gasteiger partial charge in [0, 0.05) is 18.2 Å². The number of amidine groups is 1. The van der Waals surface area contributed by atoms with Gasteiger partial charge in [0.1, 0.15) is 17.8 Å². The second kappa shape index (κ2) is 7.23. The molecule has 2 aromatic rings. The quantitative estimate of drug-likeness (QED) is 0.448. The number of hydrogen-bond acceptors (Lipinski definition) is 4. The Morgan fingerprint density at radius 2 is 1.68 bits per heavy atom. The Labute approximate surface area is 178 Å². The molecule has 6 nitrogen and oxygen atoms in total. The molecule has 3 heterocycles. The highest BCUT2D eigenvalue weighted by molar-refractivity contribution is 6.06. The zero-order chi connectivity index (χ0) is 21.9. The van der Waals surface area contributed by atoms with Gasteiger partial charge in [-0.25, -0.2) is 8.78 Å². The van der Waals surface area contributed by atoms with Crippen LogP contribution in [0.5, 0.6) is 0 Å². The van der Waals surface area contributed by atoms with Gasteiger partial charge in [-0.15, -0.1) is 0 Å². The largest absolute Gasteiger partial charge is 0.384 e. The zero-order valence-corrected chi connectivity index (χ0v) is 16.7. The van der Waals surface area contributed by atoms with Crippen molar-refractivity contribution >= 4 is 17.6 Å². The molecule has 5 rings (SSSR count). The van der Waals surface area contributed by atoms with Gasteiger partial charge in [-0.1, -0.05) is 36.4 Å². The molecule has 8 heteroatoms. The third-order valence-corrected chi connectivity index (χ3v) is 6.79. The van der Waals surface area contributed by atoms with Gasteiger partial charge in [0.15, 0.2) is 0 Å². The summed E-state index contributed by atoms with van der Waals surface area (Å²) < 4.78 is 28.1. The van der Waals surface area contributed by atoms with Crippen LogP contribution in [-0.2, 0) is 16.1 Å². The number of carbonyl (C=O) groups is 2. The van der Waals surface area contributed by atoms with Crippen LogP contribution in [0.2, 0.25) is 0 Å². The van der Waals surface area contributed by atoms with Crippen LogP contribution in [0.15, 0.2) is 48.5 Å². The van der Waals surface area contributed by atoms with Crippen LogP contribution in [-0.4, -0.2) is 46.2 Å². The smallest absolute Gasteiger partial charge is 0.235 e. The Kier molecular flexibility index (Phi) is 4.62. The predicted molar refractivity (Wildman–Crippen MR) is 109 cm³/mol. The molecule has 3 aliphatic rings. The van der Waals surface area contributed by atoms with E-state index in [1.54, 1.807) is 36.4 Å². The normalized spacial score (nSPS) is 30.0. The maximum atomic E-state index is 14.9. The van der Waals surface area contributed by atoms with Gasteiger partial charge in [0.05, 0.1) is 24.4 Å². The molecule has 0 aliphatic carbocycles. The van der Waals surface area contributed by atoms with Gasteiger partial charge in [-0.3, -0.25) is 24.8 Å². The van der Waals surface area contributed by atoms with Crippen molar-refractivity contribution in [3.8, 4) is 0 Å². The fourth-order valence-electron chi connectivity index (χ4n) is 5.41. The number of rotatable bonds is 4. The lowest BCUT2D eigenvalue weighted by atomic mass is 9.84. The number of benzene rings is 2. The molecule has 0 bridgehead atoms. The standard InChI is InChI=1S/C23H22F2N4O2/c24-15-7-1-12(2-8-15)11-29-22(30)17-18(23(29)31)20-16(25)9-10-28(20)19(17)13-3-5-14(6-4-13)21(26)27/h1-8,16-20H,9-11H2,(H3,26,27)/t16-,17+,18-,19+,20-/m1/s1. The van der Waals surface area contributed by atoms with E-state index in [0.29, 0.717) is 24.1 Å². The molecule has 3 fully saturated rings. The second-order valence-electron chi connectivity index (χ2n) is 8.45. The Morgan fingerprint density at radius 1 is 1.03 bits per heavy atom. The number of nitrogen functional groups attached to an aromatic ring is 1. The molecule has 3 aliphatic heterocycles. The third kappa shape index (κ3) is 3.05. The first-order valence-corrected chi connectivity index (χ1v) is 10.3. The number of alkyl halides is 1. The summed E-state index contributed by atoms with van der Waals surface area (Å²) in [4.78, 5) is 29.8. The van der Waals surface area contributed by atoms with Crippen LogP contribution < -0.4 is 5.73 Å². The monoisotopic (exact) mass is 424 g/mol. The summed E-state index contributed by atoms with van der Waals surface area (Å²) in [7, 11) is 0. The molecule has 31 heavy (non-hydrogen) atoms. The maximum Gasteiger partial charge on any atom is 0.235 e. The summed E-state index contributed by atoms with van der Waals surface area (Å²) >= 11 is 0. The van der Waals surface area contributed by atoms with Crippen molar-refractivity contribution in [2.75, 3.05) is 6.54 Å². The number of likely N-dealkylation sites (tertiary alicyclic amines) is 1. The average Bonchev–Trinajstić information content (AvgIpc) is 3.36. The number of amides is 2. The fourth-order valence-corrected chi connectivity index (χ4v) is 5.41. The molecule has 5 atom stereocenters. The lowest BCUT2D eigenvalue weighted by Gasteiger charge is -2.29. The fraction of sp³-hybridized carbons (Fsp3) is 0.348. The van der Waals surface area contributed by atoms with E-state index in [0.717, 1.165) is 5.56 Å². The Bertz CT molecular complexity index is 1060. The molecule has 0 saturated carbocycles. The molecular formula is C23H22F2N4O2. The van der Waals surface area contributed by atoms with Crippen molar-refractivity contribution in [3.63, 3.8) is 0 Å². The van der Waals surface area contributed by atoms with Crippen LogP contribution in [0.4, 0.5) is 8.78 Å². The van der Waals surface area contributed by atoms with Crippen LogP contribution >= 0.6 is 0 Å². The van der Waals surface area contributed by atoms with Crippen molar-refractivity contribution in [2.24, 2.45) is 17.6 Å². The number of carbonyl (C=O) groups excluding carboxylic acids is 2. The SMILES string of the molecule is N=C(N)c1ccc([C@H]2[C@H]3C(=O)N(Cc4ccc(F)cc4)C(=O)[C@H]3[C@H]3[C@H](F)CCN32)cc1. The summed E-state index contributed by atoms with van der Waals surface area (Å²) in [5.41, 5.74) is 7.55. The molecule has 0 aromatic heterocycles. The first kappa shape index (κ1) is 19.8. The third-order valence-electron chi connectivity index (χ3n) is 6.79. The molecule has 160 valence electrons. The van der Waals surface area contributed by atoms with Crippen LogP contribution in [0.25, 0.3) is 0 Å². The number of nitrogens with two attached hydrogens (primary N) is 1. The summed E-state index contributed by atoms with van der Waals surface area (Å²) in [5, 5.41) is 7.57. The van der Waals surface area contributed by atoms with Crippen molar-refractivity contribution in [2.45, 2.75) is 31.2 Å². The van der Waals surface area contributed by atoms with E-state index in [4.69, 9.17) is 11.1 Å². The molecule has 3 saturated heterocycles. The summed E-state index contributed by atoms with van der Waals surface area (Å²) in [6.45, 7) is 0.529. The van der Waals surface area contributed by atoms with Gasteiger partial charge in [-0.05, 0) is 29.7 Å². The molecule has 0 spiro atoms. The Hall–Kier alpha value is -3.13. The lowest BCUT2D eigenvalue weighted by Crippen LogP contribution is -2.41. The highest BCUT2D eigenvalue weighted by Crippen LogP contribution is 2.53. The highest BCUT2D eigenvalue weighted by Gasteiger charge is 2.65. The predicted octanol–water partition coefficient (Wildman–Crippen LogP) is 2.38. The van der Waals surface area contributed by atoms with Crippen molar-refractivity contribution in [1.82, 2.24) is 9.80 Å². The topological polar surface area (TPSA) is 90.5 Å². The van der Waals surface area contributed by atoms with Gasteiger partial charge in [-0.2, -0.15) is 0 Å². The number of hydrogen-bond donors (Lipinski definition) is 2. The number of fused-ring (bicyclic) bond motifs is 3. The first-order chi connectivity index (χ1) is 14.9. The van der Waals surface area contributed by atoms with Crippen molar-refractivity contribution < 1.29 is 18.4 Å². The van der Waals surface area contributed by atoms with Gasteiger partial charge in [0.25, 0.3) is 0 Å². The Balaban J connectivity index is 1.50. The van der Waals surface area contributed by atoms with Crippen molar-refractivity contribution in [3.05, 3.63) is 71.0 Å². The minimum absolute atomic E-state index is 0.0462.